The third-order valence-corrected chi connectivity index (χ3v) is 6.99. The van der Waals surface area contributed by atoms with E-state index in [1.54, 1.807) is 0 Å². The molecular weight excluding hydrogens is 444 g/mol. The van der Waals surface area contributed by atoms with E-state index < -0.39 is 0 Å². The molecule has 5 rings (SSSR count). The molecule has 1 fully saturated rings. The van der Waals surface area contributed by atoms with E-state index in [1.807, 2.05) is 47.9 Å². The fourth-order valence-electron chi connectivity index (χ4n) is 4.83. The number of hydrogen-bond donors (Lipinski definition) is 1. The number of nitrogens with zero attached hydrogens (tertiary/aromatic N) is 3. The number of rotatable bonds is 6. The number of nitrogens with one attached hydrogen (secondary N) is 1. The summed E-state index contributed by atoms with van der Waals surface area (Å²) in [5.74, 6) is 0.500. The molecule has 0 radical (unpaired) electrons. The molecule has 1 aliphatic rings. The molecule has 3 heterocycles. The Balaban J connectivity index is 1.19. The van der Waals surface area contributed by atoms with E-state index in [4.69, 9.17) is 11.6 Å². The number of aryl methyl sites for hydroxylation is 1. The van der Waals surface area contributed by atoms with E-state index in [9.17, 15) is 4.79 Å². The Morgan fingerprint density at radius 1 is 1.03 bits per heavy atom. The summed E-state index contributed by atoms with van der Waals surface area (Å²) in [6.45, 7) is 4.59. The molecule has 0 bridgehead atoms. The van der Waals surface area contributed by atoms with Crippen molar-refractivity contribution in [2.24, 2.45) is 0 Å². The van der Waals surface area contributed by atoms with Gasteiger partial charge in [-0.15, -0.1) is 0 Å². The molecule has 174 valence electrons. The largest absolute Gasteiger partial charge is 0.371 e. The van der Waals surface area contributed by atoms with Crippen molar-refractivity contribution in [3.8, 4) is 0 Å². The van der Waals surface area contributed by atoms with Crippen LogP contribution in [0.5, 0.6) is 0 Å². The number of halogens is 1. The van der Waals surface area contributed by atoms with E-state index in [-0.39, 0.29) is 5.91 Å². The smallest absolute Gasteiger partial charge is 0.270 e. The Labute approximate surface area is 205 Å². The highest BCUT2D eigenvalue weighted by Crippen LogP contribution is 2.31. The SMILES string of the molecule is CCc1nc2ccccn2c1C(=O)NCc1ccc(N2CCC(c3ccc(Cl)cc3)CC2)cc1. The molecule has 2 aromatic heterocycles. The maximum atomic E-state index is 13.0. The lowest BCUT2D eigenvalue weighted by Gasteiger charge is -2.34. The van der Waals surface area contributed by atoms with Crippen LogP contribution >= 0.6 is 11.6 Å². The number of carbonyl (C=O) groups is 1. The second-order valence-corrected chi connectivity index (χ2v) is 9.29. The minimum Gasteiger partial charge on any atom is -0.371 e. The van der Waals surface area contributed by atoms with Crippen molar-refractivity contribution in [2.75, 3.05) is 18.0 Å². The van der Waals surface area contributed by atoms with Crippen LogP contribution in [0, 0.1) is 0 Å². The Bertz CT molecular complexity index is 1270. The predicted octanol–water partition coefficient (Wildman–Crippen LogP) is 5.86. The second kappa shape index (κ2) is 9.90. The van der Waals surface area contributed by atoms with Gasteiger partial charge in [-0.3, -0.25) is 9.20 Å². The van der Waals surface area contributed by atoms with Crippen molar-refractivity contribution in [3.05, 3.63) is 100 Å². The summed E-state index contributed by atoms with van der Waals surface area (Å²) in [5, 5.41) is 3.87. The standard InChI is InChI=1S/C28H29ClN4O/c1-2-25-27(33-16-4-3-5-26(33)31-25)28(34)30-19-20-6-12-24(13-7-20)32-17-14-22(15-18-32)21-8-10-23(29)11-9-21/h3-13,16,22H,2,14-15,17-19H2,1H3,(H,30,34). The first-order valence-electron chi connectivity index (χ1n) is 12.0. The number of imidazole rings is 1. The monoisotopic (exact) mass is 472 g/mol. The van der Waals surface area contributed by atoms with Crippen LogP contribution < -0.4 is 10.2 Å². The Kier molecular flexibility index (Phi) is 6.54. The number of aromatic nitrogens is 2. The van der Waals surface area contributed by atoms with Gasteiger partial charge in [-0.2, -0.15) is 0 Å². The van der Waals surface area contributed by atoms with Crippen molar-refractivity contribution in [1.29, 1.82) is 0 Å². The molecule has 4 aromatic rings. The van der Waals surface area contributed by atoms with Gasteiger partial charge in [0.1, 0.15) is 11.3 Å². The van der Waals surface area contributed by atoms with E-state index >= 15 is 0 Å². The predicted molar refractivity (Wildman–Crippen MR) is 138 cm³/mol. The number of pyridine rings is 1. The quantitative estimate of drug-likeness (QED) is 0.382. The summed E-state index contributed by atoms with van der Waals surface area (Å²) < 4.78 is 1.87. The number of amides is 1. The van der Waals surface area contributed by atoms with Gasteiger partial charge < -0.3 is 10.2 Å². The Morgan fingerprint density at radius 2 is 1.76 bits per heavy atom. The minimum atomic E-state index is -0.0936. The molecular formula is C28H29ClN4O. The van der Waals surface area contributed by atoms with E-state index in [2.05, 4.69) is 51.6 Å². The summed E-state index contributed by atoms with van der Waals surface area (Å²) >= 11 is 6.03. The first-order valence-corrected chi connectivity index (χ1v) is 12.3. The lowest BCUT2D eigenvalue weighted by molar-refractivity contribution is 0.0944. The molecule has 34 heavy (non-hydrogen) atoms. The van der Waals surface area contributed by atoms with Crippen LogP contribution in [0.25, 0.3) is 5.65 Å². The normalized spacial score (nSPS) is 14.5. The van der Waals surface area contributed by atoms with Gasteiger partial charge in [0.15, 0.2) is 0 Å². The molecule has 6 heteroatoms. The molecule has 2 aromatic carbocycles. The summed E-state index contributed by atoms with van der Waals surface area (Å²) in [4.78, 5) is 20.0. The van der Waals surface area contributed by atoms with Gasteiger partial charge >= 0.3 is 0 Å². The highest BCUT2D eigenvalue weighted by atomic mass is 35.5. The lowest BCUT2D eigenvalue weighted by atomic mass is 9.89. The summed E-state index contributed by atoms with van der Waals surface area (Å²) in [6, 6.07) is 22.6. The van der Waals surface area contributed by atoms with Gasteiger partial charge in [0.2, 0.25) is 0 Å². The molecule has 5 nitrogen and oxygen atoms in total. The summed E-state index contributed by atoms with van der Waals surface area (Å²) in [7, 11) is 0. The average Bonchev–Trinajstić information content (AvgIpc) is 3.27. The molecule has 1 saturated heterocycles. The molecule has 1 amide bonds. The maximum Gasteiger partial charge on any atom is 0.270 e. The third kappa shape index (κ3) is 4.66. The third-order valence-electron chi connectivity index (χ3n) is 6.74. The summed E-state index contributed by atoms with van der Waals surface area (Å²) in [5.41, 5.74) is 5.94. The van der Waals surface area contributed by atoms with Crippen LogP contribution in [-0.2, 0) is 13.0 Å². The average molecular weight is 473 g/mol. The number of benzene rings is 2. The first kappa shape index (κ1) is 22.5. The number of hydrogen-bond acceptors (Lipinski definition) is 3. The van der Waals surface area contributed by atoms with E-state index in [1.165, 1.54) is 11.3 Å². The van der Waals surface area contributed by atoms with Crippen molar-refractivity contribution >= 4 is 28.8 Å². The van der Waals surface area contributed by atoms with Gasteiger partial charge in [-0.1, -0.05) is 48.9 Å². The molecule has 0 aliphatic carbocycles. The van der Waals surface area contributed by atoms with Crippen LogP contribution in [0.4, 0.5) is 5.69 Å². The van der Waals surface area contributed by atoms with Gasteiger partial charge in [0.05, 0.1) is 5.69 Å². The molecule has 0 saturated carbocycles. The molecule has 1 aliphatic heterocycles. The van der Waals surface area contributed by atoms with Gasteiger partial charge in [-0.25, -0.2) is 4.98 Å². The van der Waals surface area contributed by atoms with Crippen LogP contribution in [0.1, 0.15) is 53.0 Å². The fraction of sp³-hybridized carbons (Fsp3) is 0.286. The fourth-order valence-corrected chi connectivity index (χ4v) is 4.95. The Morgan fingerprint density at radius 3 is 2.47 bits per heavy atom. The highest BCUT2D eigenvalue weighted by Gasteiger charge is 2.21. The topological polar surface area (TPSA) is 49.6 Å². The van der Waals surface area contributed by atoms with E-state index in [0.717, 1.165) is 47.9 Å². The van der Waals surface area contributed by atoms with Gasteiger partial charge in [-0.05, 0) is 72.7 Å². The molecule has 1 N–H and O–H groups in total. The number of carbonyl (C=O) groups excluding carboxylic acids is 1. The number of fused-ring (bicyclic) bond motifs is 1. The van der Waals surface area contributed by atoms with Crippen LogP contribution in [0.3, 0.4) is 0 Å². The molecule has 0 spiro atoms. The zero-order chi connectivity index (χ0) is 23.5. The minimum absolute atomic E-state index is 0.0936. The van der Waals surface area contributed by atoms with Crippen LogP contribution in [0.15, 0.2) is 72.9 Å². The van der Waals surface area contributed by atoms with Crippen LogP contribution in [-0.4, -0.2) is 28.4 Å². The zero-order valence-electron chi connectivity index (χ0n) is 19.4. The van der Waals surface area contributed by atoms with Crippen molar-refractivity contribution in [3.63, 3.8) is 0 Å². The summed E-state index contributed by atoms with van der Waals surface area (Å²) in [6.07, 6.45) is 4.88. The number of piperidine rings is 1. The van der Waals surface area contributed by atoms with Crippen molar-refractivity contribution in [2.45, 2.75) is 38.6 Å². The maximum absolute atomic E-state index is 13.0. The molecule has 0 unspecified atom stereocenters. The first-order chi connectivity index (χ1) is 16.6. The number of anilines is 1. The highest BCUT2D eigenvalue weighted by molar-refractivity contribution is 6.30. The lowest BCUT2D eigenvalue weighted by Crippen LogP contribution is -2.32. The molecule has 0 atom stereocenters. The van der Waals surface area contributed by atoms with Crippen molar-refractivity contribution < 1.29 is 4.79 Å². The van der Waals surface area contributed by atoms with Gasteiger partial charge in [0.25, 0.3) is 5.91 Å². The van der Waals surface area contributed by atoms with Crippen molar-refractivity contribution in [1.82, 2.24) is 14.7 Å². The zero-order valence-corrected chi connectivity index (χ0v) is 20.1. The van der Waals surface area contributed by atoms with E-state index in [0.29, 0.717) is 24.6 Å². The van der Waals surface area contributed by atoms with Gasteiger partial charge in [0, 0.05) is 36.5 Å². The second-order valence-electron chi connectivity index (χ2n) is 8.85. The van der Waals surface area contributed by atoms with Crippen LogP contribution in [0.2, 0.25) is 5.02 Å². The Hall–Kier alpha value is -3.31.